The van der Waals surface area contributed by atoms with Crippen molar-refractivity contribution in [3.05, 3.63) is 29.6 Å². The lowest BCUT2D eigenvalue weighted by Crippen LogP contribution is -2.35. The van der Waals surface area contributed by atoms with Crippen molar-refractivity contribution in [2.45, 2.75) is 45.6 Å². The number of Topliss-reactive ketones (excluding diaryl/α,β-unsaturated/α-hetero) is 1. The Labute approximate surface area is 97.1 Å². The summed E-state index contributed by atoms with van der Waals surface area (Å²) in [5.41, 5.74) is 7.38. The third-order valence-electron chi connectivity index (χ3n) is 2.33. The molecule has 88 valence electrons. The van der Waals surface area contributed by atoms with Gasteiger partial charge in [-0.05, 0) is 31.9 Å². The summed E-state index contributed by atoms with van der Waals surface area (Å²) in [6.45, 7) is 5.80. The molecule has 0 amide bonds. The van der Waals surface area contributed by atoms with Crippen molar-refractivity contribution in [1.82, 2.24) is 4.98 Å². The number of ketones is 1. The summed E-state index contributed by atoms with van der Waals surface area (Å²) in [7, 11) is 0. The van der Waals surface area contributed by atoms with E-state index >= 15 is 0 Å². The first-order valence-corrected chi connectivity index (χ1v) is 5.65. The van der Waals surface area contributed by atoms with Crippen molar-refractivity contribution in [3.8, 4) is 0 Å². The summed E-state index contributed by atoms with van der Waals surface area (Å²) in [6.07, 6.45) is 3.57. The molecule has 0 radical (unpaired) electrons. The number of hydrogen-bond acceptors (Lipinski definition) is 3. The van der Waals surface area contributed by atoms with Crippen LogP contribution >= 0.6 is 0 Å². The minimum Gasteiger partial charge on any atom is -0.325 e. The Kier molecular flexibility index (Phi) is 4.19. The van der Waals surface area contributed by atoms with Crippen molar-refractivity contribution >= 4 is 5.78 Å². The molecule has 0 atom stereocenters. The van der Waals surface area contributed by atoms with Gasteiger partial charge >= 0.3 is 0 Å². The molecule has 1 aromatic rings. The topological polar surface area (TPSA) is 56.0 Å². The van der Waals surface area contributed by atoms with Crippen LogP contribution < -0.4 is 5.73 Å². The maximum absolute atomic E-state index is 11.7. The van der Waals surface area contributed by atoms with Gasteiger partial charge in [0.05, 0.1) is 0 Å². The lowest BCUT2D eigenvalue weighted by Gasteiger charge is -2.16. The standard InChI is InChI=1S/C13H20N2O/c1-4-10-5-6-11(15-9-10)7-12(16)8-13(2,3)14/h5-6,9H,4,7-8,14H2,1-3H3. The molecule has 1 aromatic heterocycles. The molecular weight excluding hydrogens is 200 g/mol. The molecule has 2 N–H and O–H groups in total. The molecule has 0 aromatic carbocycles. The molecule has 0 fully saturated rings. The molecule has 0 saturated heterocycles. The minimum atomic E-state index is -0.430. The second-order valence-corrected chi connectivity index (χ2v) is 4.89. The fraction of sp³-hybridized carbons (Fsp3) is 0.538. The molecule has 0 unspecified atom stereocenters. The van der Waals surface area contributed by atoms with Gasteiger partial charge in [-0.3, -0.25) is 9.78 Å². The Balaban J connectivity index is 2.56. The van der Waals surface area contributed by atoms with Gasteiger partial charge in [0, 0.05) is 30.3 Å². The lowest BCUT2D eigenvalue weighted by molar-refractivity contribution is -0.119. The third-order valence-corrected chi connectivity index (χ3v) is 2.33. The van der Waals surface area contributed by atoms with Gasteiger partial charge in [0.15, 0.2) is 0 Å². The predicted octanol–water partition coefficient (Wildman–Crippen LogP) is 1.88. The smallest absolute Gasteiger partial charge is 0.140 e. The Morgan fingerprint density at radius 1 is 1.44 bits per heavy atom. The molecule has 0 spiro atoms. The molecule has 3 heteroatoms. The van der Waals surface area contributed by atoms with E-state index in [1.54, 1.807) is 0 Å². The van der Waals surface area contributed by atoms with E-state index in [1.165, 1.54) is 5.56 Å². The maximum Gasteiger partial charge on any atom is 0.140 e. The summed E-state index contributed by atoms with van der Waals surface area (Å²) >= 11 is 0. The van der Waals surface area contributed by atoms with Gasteiger partial charge in [-0.1, -0.05) is 13.0 Å². The summed E-state index contributed by atoms with van der Waals surface area (Å²) < 4.78 is 0. The molecule has 3 nitrogen and oxygen atoms in total. The predicted molar refractivity (Wildman–Crippen MR) is 65.2 cm³/mol. The van der Waals surface area contributed by atoms with Crippen LogP contribution in [0.1, 0.15) is 38.4 Å². The Hall–Kier alpha value is -1.22. The number of carbonyl (C=O) groups is 1. The van der Waals surface area contributed by atoms with Crippen LogP contribution in [0.5, 0.6) is 0 Å². The first kappa shape index (κ1) is 12.8. The average molecular weight is 220 g/mol. The lowest BCUT2D eigenvalue weighted by atomic mass is 9.97. The zero-order valence-electron chi connectivity index (χ0n) is 10.3. The van der Waals surface area contributed by atoms with E-state index in [1.807, 2.05) is 32.2 Å². The van der Waals surface area contributed by atoms with Crippen LogP contribution in [0.4, 0.5) is 0 Å². The van der Waals surface area contributed by atoms with E-state index in [0.29, 0.717) is 12.8 Å². The van der Waals surface area contributed by atoms with Crippen molar-refractivity contribution < 1.29 is 4.79 Å². The van der Waals surface area contributed by atoms with Gasteiger partial charge in [0.1, 0.15) is 5.78 Å². The molecule has 0 aliphatic rings. The second kappa shape index (κ2) is 5.21. The number of pyridine rings is 1. The van der Waals surface area contributed by atoms with E-state index in [-0.39, 0.29) is 5.78 Å². The molecule has 1 rings (SSSR count). The monoisotopic (exact) mass is 220 g/mol. The van der Waals surface area contributed by atoms with Crippen molar-refractivity contribution in [3.63, 3.8) is 0 Å². The highest BCUT2D eigenvalue weighted by molar-refractivity contribution is 5.81. The number of nitrogens with two attached hydrogens (primary N) is 1. The molecular formula is C13H20N2O. The van der Waals surface area contributed by atoms with Gasteiger partial charge in [-0.2, -0.15) is 0 Å². The van der Waals surface area contributed by atoms with Gasteiger partial charge in [0.2, 0.25) is 0 Å². The highest BCUT2D eigenvalue weighted by atomic mass is 16.1. The third kappa shape index (κ3) is 4.53. The summed E-state index contributed by atoms with van der Waals surface area (Å²) in [5, 5.41) is 0. The van der Waals surface area contributed by atoms with Crippen molar-refractivity contribution in [2.24, 2.45) is 5.73 Å². The summed E-state index contributed by atoms with van der Waals surface area (Å²) in [4.78, 5) is 15.9. The minimum absolute atomic E-state index is 0.143. The Morgan fingerprint density at radius 3 is 2.56 bits per heavy atom. The van der Waals surface area contributed by atoms with E-state index in [4.69, 9.17) is 5.73 Å². The molecule has 0 aliphatic heterocycles. The summed E-state index contributed by atoms with van der Waals surface area (Å²) in [5.74, 6) is 0.143. The number of nitrogens with zero attached hydrogens (tertiary/aromatic N) is 1. The van der Waals surface area contributed by atoms with Crippen molar-refractivity contribution in [2.75, 3.05) is 0 Å². The Bertz CT molecular complexity index is 349. The fourth-order valence-corrected chi connectivity index (χ4v) is 1.54. The number of aryl methyl sites for hydroxylation is 1. The van der Waals surface area contributed by atoms with Crippen LogP contribution in [0.25, 0.3) is 0 Å². The van der Waals surface area contributed by atoms with Crippen LogP contribution in [0.15, 0.2) is 18.3 Å². The zero-order valence-corrected chi connectivity index (χ0v) is 10.3. The van der Waals surface area contributed by atoms with Crippen LogP contribution in [0.2, 0.25) is 0 Å². The van der Waals surface area contributed by atoms with Crippen LogP contribution in [0, 0.1) is 0 Å². The van der Waals surface area contributed by atoms with Gasteiger partial charge in [-0.25, -0.2) is 0 Å². The normalized spacial score (nSPS) is 11.5. The first-order valence-electron chi connectivity index (χ1n) is 5.65. The van der Waals surface area contributed by atoms with E-state index in [0.717, 1.165) is 12.1 Å². The zero-order chi connectivity index (χ0) is 12.2. The van der Waals surface area contributed by atoms with Gasteiger partial charge < -0.3 is 5.73 Å². The number of rotatable bonds is 5. The van der Waals surface area contributed by atoms with Gasteiger partial charge in [-0.15, -0.1) is 0 Å². The average Bonchev–Trinajstić information content (AvgIpc) is 2.16. The number of carbonyl (C=O) groups excluding carboxylic acids is 1. The highest BCUT2D eigenvalue weighted by Gasteiger charge is 2.16. The Morgan fingerprint density at radius 2 is 2.12 bits per heavy atom. The van der Waals surface area contributed by atoms with Gasteiger partial charge in [0.25, 0.3) is 0 Å². The maximum atomic E-state index is 11.7. The first-order chi connectivity index (χ1) is 7.40. The van der Waals surface area contributed by atoms with E-state index < -0.39 is 5.54 Å². The van der Waals surface area contributed by atoms with Crippen molar-refractivity contribution in [1.29, 1.82) is 0 Å². The quantitative estimate of drug-likeness (QED) is 0.824. The van der Waals surface area contributed by atoms with Crippen LogP contribution in [-0.2, 0) is 17.6 Å². The second-order valence-electron chi connectivity index (χ2n) is 4.89. The largest absolute Gasteiger partial charge is 0.325 e. The van der Waals surface area contributed by atoms with Crippen LogP contribution in [-0.4, -0.2) is 16.3 Å². The fourth-order valence-electron chi connectivity index (χ4n) is 1.54. The van der Waals surface area contributed by atoms with Crippen LogP contribution in [0.3, 0.4) is 0 Å². The molecule has 0 bridgehead atoms. The highest BCUT2D eigenvalue weighted by Crippen LogP contribution is 2.08. The summed E-state index contributed by atoms with van der Waals surface area (Å²) in [6, 6.07) is 3.93. The number of hydrogen-bond donors (Lipinski definition) is 1. The molecule has 1 heterocycles. The molecule has 0 aliphatic carbocycles. The molecule has 0 saturated carbocycles. The van der Waals surface area contributed by atoms with E-state index in [2.05, 4.69) is 11.9 Å². The van der Waals surface area contributed by atoms with E-state index in [9.17, 15) is 4.79 Å². The SMILES string of the molecule is CCc1ccc(CC(=O)CC(C)(C)N)nc1. The number of aromatic nitrogens is 1. The molecule has 16 heavy (non-hydrogen) atoms.